The second-order valence-corrected chi connectivity index (χ2v) is 15.3. The van der Waals surface area contributed by atoms with Crippen molar-refractivity contribution >= 4 is 78.9 Å². The molecule has 0 aliphatic heterocycles. The summed E-state index contributed by atoms with van der Waals surface area (Å²) >= 11 is 0. The summed E-state index contributed by atoms with van der Waals surface area (Å²) in [6, 6.07) is 4.91. The lowest BCUT2D eigenvalue weighted by atomic mass is 10.1. The van der Waals surface area contributed by atoms with Gasteiger partial charge in [0.25, 0.3) is 36.2 Å². The highest BCUT2D eigenvalue weighted by molar-refractivity contribution is 8.15. The first-order valence-corrected chi connectivity index (χ1v) is 15.7. The van der Waals surface area contributed by atoms with Gasteiger partial charge in [0.15, 0.2) is 0 Å². The van der Waals surface area contributed by atoms with Crippen LogP contribution in [0.3, 0.4) is 0 Å². The Bertz CT molecular complexity index is 1290. The molecule has 154 valence electrons. The van der Waals surface area contributed by atoms with Crippen molar-refractivity contribution in [2.24, 2.45) is 0 Å². The lowest BCUT2D eigenvalue weighted by Crippen LogP contribution is -2.03. The molecule has 0 radical (unpaired) electrons. The second kappa shape index (κ2) is 7.58. The van der Waals surface area contributed by atoms with Gasteiger partial charge in [-0.25, -0.2) is 33.7 Å². The third-order valence-electron chi connectivity index (χ3n) is 3.28. The van der Waals surface area contributed by atoms with Crippen LogP contribution in [0.15, 0.2) is 56.0 Å². The molecule has 2 rings (SSSR count). The number of halogens is 4. The second-order valence-electron chi connectivity index (χ2n) is 5.07. The molecule has 0 atom stereocenters. The Hall–Kier alpha value is -0.600. The van der Waals surface area contributed by atoms with Gasteiger partial charge in [0.2, 0.25) is 0 Å². The number of hydrogen-bond donors (Lipinski definition) is 0. The smallest absolute Gasteiger partial charge is 0.207 e. The van der Waals surface area contributed by atoms with E-state index in [4.69, 9.17) is 42.7 Å². The summed E-state index contributed by atoms with van der Waals surface area (Å²) in [7, 11) is 3.18. The van der Waals surface area contributed by atoms with Gasteiger partial charge in [0.05, 0.1) is 19.6 Å². The van der Waals surface area contributed by atoms with Gasteiger partial charge < -0.3 is 0 Å². The van der Waals surface area contributed by atoms with Crippen molar-refractivity contribution in [3.63, 3.8) is 0 Å². The summed E-state index contributed by atoms with van der Waals surface area (Å²) in [6.07, 6.45) is 0. The molecule has 0 amide bonds. The number of rotatable bonds is 5. The van der Waals surface area contributed by atoms with Gasteiger partial charge in [-0.1, -0.05) is 12.1 Å². The van der Waals surface area contributed by atoms with Crippen LogP contribution in [0, 0.1) is 0 Å². The predicted molar refractivity (Wildman–Crippen MR) is 104 cm³/mol. The zero-order valence-electron chi connectivity index (χ0n) is 12.9. The molecule has 0 aliphatic rings. The Balaban J connectivity index is 3.00. The van der Waals surface area contributed by atoms with E-state index in [1.807, 2.05) is 0 Å². The van der Waals surface area contributed by atoms with Crippen molar-refractivity contribution < 1.29 is 33.7 Å². The average molecular weight is 548 g/mol. The van der Waals surface area contributed by atoms with Crippen LogP contribution in [-0.2, 0) is 36.2 Å². The molecule has 28 heavy (non-hydrogen) atoms. The third kappa shape index (κ3) is 5.30. The Labute approximate surface area is 178 Å². The van der Waals surface area contributed by atoms with Crippen molar-refractivity contribution in [3.8, 4) is 11.1 Å². The number of hydrogen-bond acceptors (Lipinski definition) is 8. The van der Waals surface area contributed by atoms with E-state index in [1.54, 1.807) is 0 Å². The van der Waals surface area contributed by atoms with Gasteiger partial charge in [0, 0.05) is 53.9 Å². The van der Waals surface area contributed by atoms with E-state index < -0.39 is 55.8 Å². The molecule has 0 aromatic heterocycles. The van der Waals surface area contributed by atoms with Crippen molar-refractivity contribution in [2.75, 3.05) is 0 Å². The van der Waals surface area contributed by atoms with E-state index in [0.29, 0.717) is 12.1 Å². The Morgan fingerprint density at radius 1 is 0.464 bits per heavy atom. The standard InChI is InChI=1S/C12H6Cl4O8S4/c13-25(17,18)7-1-3-9(11(5-7)27(15,21)22)10-4-2-8(26(14,19)20)6-12(10)28(16,23)24/h1-6H. The van der Waals surface area contributed by atoms with Crippen molar-refractivity contribution in [1.82, 2.24) is 0 Å². The molecule has 0 heterocycles. The minimum atomic E-state index is -4.60. The lowest BCUT2D eigenvalue weighted by Gasteiger charge is -2.12. The molecule has 0 saturated carbocycles. The Morgan fingerprint density at radius 3 is 0.964 bits per heavy atom. The van der Waals surface area contributed by atoms with Gasteiger partial charge in [-0.2, -0.15) is 0 Å². The van der Waals surface area contributed by atoms with Crippen LogP contribution >= 0.6 is 42.7 Å². The first kappa shape index (κ1) is 23.7. The van der Waals surface area contributed by atoms with Gasteiger partial charge in [0.1, 0.15) is 0 Å². The molecule has 0 spiro atoms. The van der Waals surface area contributed by atoms with Gasteiger partial charge in [-0.3, -0.25) is 0 Å². The fraction of sp³-hybridized carbons (Fsp3) is 0. The van der Waals surface area contributed by atoms with Crippen molar-refractivity contribution in [2.45, 2.75) is 19.6 Å². The van der Waals surface area contributed by atoms with Crippen LogP contribution in [0.25, 0.3) is 11.1 Å². The highest BCUT2D eigenvalue weighted by atomic mass is 35.7. The average Bonchev–Trinajstić information content (AvgIpc) is 2.50. The first-order chi connectivity index (χ1) is 12.4. The molecule has 0 aliphatic carbocycles. The topological polar surface area (TPSA) is 137 Å². The highest BCUT2D eigenvalue weighted by Gasteiger charge is 2.27. The van der Waals surface area contributed by atoms with Crippen LogP contribution in [0.5, 0.6) is 0 Å². The van der Waals surface area contributed by atoms with E-state index in [-0.39, 0.29) is 11.1 Å². The summed E-state index contributed by atoms with van der Waals surface area (Å²) in [5.41, 5.74) is -0.728. The van der Waals surface area contributed by atoms with Crippen LogP contribution in [0.2, 0.25) is 0 Å². The van der Waals surface area contributed by atoms with Crippen molar-refractivity contribution in [1.29, 1.82) is 0 Å². The molecule has 0 unspecified atom stereocenters. The quantitative estimate of drug-likeness (QED) is 0.521. The predicted octanol–water partition coefficient (Wildman–Crippen LogP) is 3.06. The SMILES string of the molecule is O=S(=O)(Cl)c1ccc(-c2ccc(S(=O)(=O)Cl)cc2S(=O)(=O)Cl)c(S(=O)(=O)Cl)c1. The molecule has 0 N–H and O–H groups in total. The van der Waals surface area contributed by atoms with E-state index in [1.165, 1.54) is 0 Å². The minimum absolute atomic E-state index is 0.364. The zero-order valence-corrected chi connectivity index (χ0v) is 19.2. The summed E-state index contributed by atoms with van der Waals surface area (Å²) in [5.74, 6) is 0. The minimum Gasteiger partial charge on any atom is -0.207 e. The van der Waals surface area contributed by atoms with Gasteiger partial charge >= 0.3 is 0 Å². The summed E-state index contributed by atoms with van der Waals surface area (Å²) in [4.78, 5) is -2.82. The summed E-state index contributed by atoms with van der Waals surface area (Å²) < 4.78 is 93.6. The maximum atomic E-state index is 11.9. The van der Waals surface area contributed by atoms with Crippen LogP contribution in [0.4, 0.5) is 0 Å². The zero-order chi connectivity index (χ0) is 21.7. The molecule has 16 heteroatoms. The molecule has 8 nitrogen and oxygen atoms in total. The fourth-order valence-corrected chi connectivity index (χ4v) is 6.04. The van der Waals surface area contributed by atoms with Crippen LogP contribution in [0.1, 0.15) is 0 Å². The molecule has 2 aromatic rings. The van der Waals surface area contributed by atoms with Gasteiger partial charge in [-0.15, -0.1) is 0 Å². The monoisotopic (exact) mass is 546 g/mol. The van der Waals surface area contributed by atoms with Gasteiger partial charge in [-0.05, 0) is 24.3 Å². The molecular formula is C12H6Cl4O8S4. The fourth-order valence-electron chi connectivity index (χ4n) is 2.16. The number of benzene rings is 2. The Morgan fingerprint density at radius 2 is 0.750 bits per heavy atom. The summed E-state index contributed by atoms with van der Waals surface area (Å²) in [6.45, 7) is 0. The molecule has 0 saturated heterocycles. The van der Waals surface area contributed by atoms with Crippen LogP contribution in [-0.4, -0.2) is 33.7 Å². The van der Waals surface area contributed by atoms with E-state index in [2.05, 4.69) is 0 Å². The van der Waals surface area contributed by atoms with E-state index in [9.17, 15) is 33.7 Å². The molecule has 2 aromatic carbocycles. The van der Waals surface area contributed by atoms with E-state index >= 15 is 0 Å². The molecular weight excluding hydrogens is 542 g/mol. The summed E-state index contributed by atoms with van der Waals surface area (Å²) in [5, 5.41) is 0. The maximum absolute atomic E-state index is 11.9. The normalized spacial score (nSPS) is 13.4. The first-order valence-electron chi connectivity index (χ1n) is 6.49. The van der Waals surface area contributed by atoms with Crippen molar-refractivity contribution in [3.05, 3.63) is 36.4 Å². The maximum Gasteiger partial charge on any atom is 0.261 e. The van der Waals surface area contributed by atoms with E-state index in [0.717, 1.165) is 24.3 Å². The third-order valence-corrected chi connectivity index (χ3v) is 8.71. The molecule has 0 bridgehead atoms. The molecule has 0 fully saturated rings. The van der Waals surface area contributed by atoms with Crippen LogP contribution < -0.4 is 0 Å². The lowest BCUT2D eigenvalue weighted by molar-refractivity contribution is 0.604. The largest absolute Gasteiger partial charge is 0.261 e. The Kier molecular flexibility index (Phi) is 6.41. The highest BCUT2D eigenvalue weighted by Crippen LogP contribution is 2.38.